The summed E-state index contributed by atoms with van der Waals surface area (Å²) < 4.78 is 63.7. The van der Waals surface area contributed by atoms with Gasteiger partial charge in [0, 0.05) is 24.5 Å². The SMILES string of the molecule is Nc1nc(NCCOS(=O)(=O)c2ccccc2C=Cc2ccccc2S(=O)(=O)OCCNc2nc(N)nc(Nc3ccccc3)n2)nc(Nc2ccccc2)n1. The quantitative estimate of drug-likeness (QED) is 0.0397. The van der Waals surface area contributed by atoms with Gasteiger partial charge in [0.15, 0.2) is 0 Å². The van der Waals surface area contributed by atoms with Crippen LogP contribution in [0.3, 0.4) is 0 Å². The van der Waals surface area contributed by atoms with Gasteiger partial charge in [-0.2, -0.15) is 46.7 Å². The lowest BCUT2D eigenvalue weighted by molar-refractivity contribution is 0.330. The molecule has 0 radical (unpaired) electrons. The molecule has 6 rings (SSSR count). The van der Waals surface area contributed by atoms with Gasteiger partial charge in [-0.3, -0.25) is 8.37 Å². The lowest BCUT2D eigenvalue weighted by Gasteiger charge is -2.11. The lowest BCUT2D eigenvalue weighted by atomic mass is 10.1. The van der Waals surface area contributed by atoms with E-state index >= 15 is 0 Å². The zero-order chi connectivity index (χ0) is 39.4. The van der Waals surface area contributed by atoms with E-state index in [1.807, 2.05) is 60.7 Å². The van der Waals surface area contributed by atoms with Crippen LogP contribution in [0, 0.1) is 0 Å². The van der Waals surface area contributed by atoms with E-state index in [-0.39, 0.29) is 82.9 Å². The number of anilines is 8. The standard InChI is InChI=1S/C36H36N12O6S2/c37-31-43-33(47-35(45-31)41-27-13-3-1-4-14-27)39-21-23-53-55(49,50)29-17-9-7-11-25(29)19-20-26-12-8-10-18-30(26)56(51,52)54-24-22-40-34-44-32(38)46-36(48-34)42-28-15-5-2-6-16-28/h1-20H,21-24H2,(H4,37,39,41,43,45,47)(H4,38,40,42,44,46,48). The zero-order valence-corrected chi connectivity index (χ0v) is 31.1. The topological polar surface area (TPSA) is 264 Å². The van der Waals surface area contributed by atoms with Crippen molar-refractivity contribution in [1.29, 1.82) is 0 Å². The maximum atomic E-state index is 13.3. The monoisotopic (exact) mass is 796 g/mol. The molecule has 288 valence electrons. The van der Waals surface area contributed by atoms with Crippen molar-refractivity contribution in [2.24, 2.45) is 0 Å². The minimum absolute atomic E-state index is 0.0162. The molecular weight excluding hydrogens is 761 g/mol. The summed E-state index contributed by atoms with van der Waals surface area (Å²) in [5.74, 6) is 0.558. The Morgan fingerprint density at radius 2 is 0.839 bits per heavy atom. The molecule has 4 aromatic carbocycles. The van der Waals surface area contributed by atoms with Crippen LogP contribution in [-0.2, 0) is 28.6 Å². The molecule has 0 fully saturated rings. The first-order valence-electron chi connectivity index (χ1n) is 16.8. The number of nitrogens with two attached hydrogens (primary N) is 2. The second kappa shape index (κ2) is 18.1. The van der Waals surface area contributed by atoms with Gasteiger partial charge in [-0.15, -0.1) is 0 Å². The average molecular weight is 797 g/mol. The van der Waals surface area contributed by atoms with Gasteiger partial charge in [0.2, 0.25) is 35.7 Å². The van der Waals surface area contributed by atoms with Crippen LogP contribution in [0.2, 0.25) is 0 Å². The van der Waals surface area contributed by atoms with Crippen LogP contribution in [0.15, 0.2) is 119 Å². The molecule has 0 amide bonds. The van der Waals surface area contributed by atoms with Crippen LogP contribution < -0.4 is 32.7 Å². The highest BCUT2D eigenvalue weighted by Gasteiger charge is 2.21. The molecule has 6 aromatic rings. The Morgan fingerprint density at radius 1 is 0.482 bits per heavy atom. The maximum Gasteiger partial charge on any atom is 0.297 e. The van der Waals surface area contributed by atoms with E-state index in [1.165, 1.54) is 24.3 Å². The van der Waals surface area contributed by atoms with Crippen LogP contribution >= 0.6 is 0 Å². The Labute approximate surface area is 322 Å². The van der Waals surface area contributed by atoms with Crippen molar-refractivity contribution in [3.05, 3.63) is 120 Å². The molecule has 0 saturated carbocycles. The van der Waals surface area contributed by atoms with E-state index in [2.05, 4.69) is 51.2 Å². The number of nitrogens with zero attached hydrogens (tertiary/aromatic N) is 6. The van der Waals surface area contributed by atoms with Gasteiger partial charge < -0.3 is 32.7 Å². The van der Waals surface area contributed by atoms with Crippen LogP contribution in [-0.4, -0.2) is 73.0 Å². The Kier molecular flexibility index (Phi) is 12.6. The molecule has 20 heteroatoms. The number of benzene rings is 4. The molecule has 2 heterocycles. The van der Waals surface area contributed by atoms with Crippen molar-refractivity contribution >= 4 is 79.5 Å². The first-order valence-corrected chi connectivity index (χ1v) is 19.7. The van der Waals surface area contributed by atoms with Crippen molar-refractivity contribution in [3.63, 3.8) is 0 Å². The minimum atomic E-state index is -4.26. The highest BCUT2D eigenvalue weighted by molar-refractivity contribution is 7.87. The van der Waals surface area contributed by atoms with Crippen molar-refractivity contribution in [2.45, 2.75) is 9.79 Å². The number of hydrogen-bond acceptors (Lipinski definition) is 18. The molecule has 56 heavy (non-hydrogen) atoms. The van der Waals surface area contributed by atoms with Crippen molar-refractivity contribution in [2.75, 3.05) is 59.0 Å². The largest absolute Gasteiger partial charge is 0.368 e. The van der Waals surface area contributed by atoms with Crippen LogP contribution in [0.4, 0.5) is 47.1 Å². The number of nitrogens with one attached hydrogen (secondary N) is 4. The van der Waals surface area contributed by atoms with E-state index in [0.717, 1.165) is 11.4 Å². The van der Waals surface area contributed by atoms with E-state index in [1.54, 1.807) is 36.4 Å². The van der Waals surface area contributed by atoms with Gasteiger partial charge >= 0.3 is 0 Å². The molecule has 0 aliphatic rings. The number of rotatable bonds is 18. The summed E-state index contributed by atoms with van der Waals surface area (Å²) in [4.78, 5) is 24.5. The number of nitrogen functional groups attached to an aromatic ring is 2. The molecule has 0 unspecified atom stereocenters. The highest BCUT2D eigenvalue weighted by atomic mass is 32.2. The Hall–Kier alpha value is -6.74. The van der Waals surface area contributed by atoms with E-state index in [4.69, 9.17) is 19.8 Å². The minimum Gasteiger partial charge on any atom is -0.368 e. The summed E-state index contributed by atoms with van der Waals surface area (Å²) in [5, 5.41) is 11.8. The van der Waals surface area contributed by atoms with E-state index in [0.29, 0.717) is 0 Å². The fourth-order valence-corrected chi connectivity index (χ4v) is 7.18. The first kappa shape index (κ1) is 39.0. The fourth-order valence-electron chi connectivity index (χ4n) is 4.98. The smallest absolute Gasteiger partial charge is 0.297 e. The predicted octanol–water partition coefficient (Wildman–Crippen LogP) is 4.51. The van der Waals surface area contributed by atoms with Gasteiger partial charge in [-0.25, -0.2) is 0 Å². The third kappa shape index (κ3) is 10.9. The van der Waals surface area contributed by atoms with Crippen LogP contribution in [0.5, 0.6) is 0 Å². The zero-order valence-electron chi connectivity index (χ0n) is 29.5. The second-order valence-corrected chi connectivity index (χ2v) is 14.6. The molecule has 0 saturated heterocycles. The maximum absolute atomic E-state index is 13.3. The molecule has 0 bridgehead atoms. The number of aromatic nitrogens is 6. The van der Waals surface area contributed by atoms with Gasteiger partial charge in [0.05, 0.1) is 13.2 Å². The summed E-state index contributed by atoms with van der Waals surface area (Å²) in [5.41, 5.74) is 13.7. The Balaban J connectivity index is 1.05. The van der Waals surface area contributed by atoms with Gasteiger partial charge in [0.25, 0.3) is 20.2 Å². The van der Waals surface area contributed by atoms with Crippen molar-refractivity contribution in [3.8, 4) is 0 Å². The molecular formula is C36H36N12O6S2. The Morgan fingerprint density at radius 3 is 1.25 bits per heavy atom. The summed E-state index contributed by atoms with van der Waals surface area (Å²) in [6.07, 6.45) is 2.96. The third-order valence-corrected chi connectivity index (χ3v) is 10.2. The summed E-state index contributed by atoms with van der Waals surface area (Å²) in [6, 6.07) is 30.7. The Bertz CT molecular complexity index is 2340. The molecule has 2 aromatic heterocycles. The van der Waals surface area contributed by atoms with Crippen molar-refractivity contribution in [1.82, 2.24) is 29.9 Å². The molecule has 0 atom stereocenters. The van der Waals surface area contributed by atoms with E-state index < -0.39 is 20.2 Å². The average Bonchev–Trinajstić information content (AvgIpc) is 3.18. The van der Waals surface area contributed by atoms with Crippen molar-refractivity contribution < 1.29 is 25.2 Å². The highest BCUT2D eigenvalue weighted by Crippen LogP contribution is 2.24. The molecule has 0 aliphatic carbocycles. The normalized spacial score (nSPS) is 11.6. The summed E-state index contributed by atoms with van der Waals surface area (Å²) >= 11 is 0. The molecule has 8 N–H and O–H groups in total. The van der Waals surface area contributed by atoms with Gasteiger partial charge in [0.1, 0.15) is 9.79 Å². The van der Waals surface area contributed by atoms with Crippen LogP contribution in [0.25, 0.3) is 12.2 Å². The number of hydrogen-bond donors (Lipinski definition) is 6. The first-order chi connectivity index (χ1) is 27.0. The summed E-state index contributed by atoms with van der Waals surface area (Å²) in [6.45, 7) is -0.509. The fraction of sp³-hybridized carbons (Fsp3) is 0.111. The number of para-hydroxylation sites is 2. The molecule has 18 nitrogen and oxygen atoms in total. The van der Waals surface area contributed by atoms with Gasteiger partial charge in [-0.05, 0) is 47.5 Å². The molecule has 0 spiro atoms. The van der Waals surface area contributed by atoms with Crippen LogP contribution in [0.1, 0.15) is 11.1 Å². The molecule has 0 aliphatic heterocycles. The lowest BCUT2D eigenvalue weighted by Crippen LogP contribution is -2.17. The van der Waals surface area contributed by atoms with E-state index in [9.17, 15) is 16.8 Å². The van der Waals surface area contributed by atoms with Gasteiger partial charge in [-0.1, -0.05) is 84.9 Å². The second-order valence-electron chi connectivity index (χ2n) is 11.5. The summed E-state index contributed by atoms with van der Waals surface area (Å²) in [7, 11) is -8.52. The third-order valence-electron chi connectivity index (χ3n) is 7.43. The predicted molar refractivity (Wildman–Crippen MR) is 213 cm³/mol.